The lowest BCUT2D eigenvalue weighted by Gasteiger charge is -2.25. The normalized spacial score (nSPS) is 18.5. The number of imidazole rings is 1. The minimum atomic E-state index is -1.64. The number of aromatic nitrogens is 2. The summed E-state index contributed by atoms with van der Waals surface area (Å²) >= 11 is 3.21. The number of benzene rings is 4. The highest BCUT2D eigenvalue weighted by Crippen LogP contribution is 2.43. The standard InChI is InChI=1S/C35H25BrN2O11/c36-35-37-22-16-21(30(39)40)24(31(41)42)25(26(22)38-35)28-29(49-34(45)20-14-8-3-9-15-20)27(48-33(44)19-12-6-2-7-13-19)23(47-28)17-46-32(43)18-10-4-1-5-11-18/h1-16,23,27-29H,17H2,(H,37,38)(H,39,40)(H,41,42)/t23-,27-,28+,29-/m1/s1. The van der Waals surface area contributed by atoms with Gasteiger partial charge >= 0.3 is 29.8 Å². The molecule has 0 aliphatic carbocycles. The van der Waals surface area contributed by atoms with Crippen LogP contribution in [0.5, 0.6) is 0 Å². The van der Waals surface area contributed by atoms with Gasteiger partial charge in [-0.05, 0) is 58.4 Å². The average Bonchev–Trinajstić information content (AvgIpc) is 3.65. The Morgan fingerprint density at radius 2 is 1.24 bits per heavy atom. The highest BCUT2D eigenvalue weighted by atomic mass is 79.9. The van der Waals surface area contributed by atoms with E-state index >= 15 is 0 Å². The molecule has 0 amide bonds. The SMILES string of the molecule is O=C(OC[C@H]1O[C@@H](c2c(C(=O)O)c(C(=O)O)cc3[nH]c(Br)nc23)[C@H](OC(=O)c2ccccc2)[C@@H]1OC(=O)c1ccccc1)c1ccccc1. The first kappa shape index (κ1) is 33.1. The van der Waals surface area contributed by atoms with Crippen molar-refractivity contribution in [3.05, 3.63) is 135 Å². The van der Waals surface area contributed by atoms with Crippen LogP contribution in [-0.2, 0) is 18.9 Å². The van der Waals surface area contributed by atoms with E-state index < -0.39 is 72.0 Å². The number of hydrogen-bond acceptors (Lipinski definition) is 10. The number of ether oxygens (including phenoxy) is 4. The Morgan fingerprint density at radius 1 is 0.735 bits per heavy atom. The molecule has 2 heterocycles. The quantitative estimate of drug-likeness (QED) is 0.122. The van der Waals surface area contributed by atoms with Crippen LogP contribution in [0.2, 0.25) is 0 Å². The molecule has 1 aromatic heterocycles. The molecule has 14 heteroatoms. The maximum Gasteiger partial charge on any atom is 0.338 e. The van der Waals surface area contributed by atoms with Gasteiger partial charge in [-0.3, -0.25) is 0 Å². The number of fused-ring (bicyclic) bond motifs is 1. The van der Waals surface area contributed by atoms with Gasteiger partial charge in [0.2, 0.25) is 0 Å². The lowest BCUT2D eigenvalue weighted by molar-refractivity contribution is -0.0449. The smallest absolute Gasteiger partial charge is 0.338 e. The fourth-order valence-electron chi connectivity index (χ4n) is 5.53. The number of H-pyrrole nitrogens is 1. The predicted octanol–water partition coefficient (Wildman–Crippen LogP) is 5.47. The van der Waals surface area contributed by atoms with Gasteiger partial charge in [-0.2, -0.15) is 0 Å². The molecule has 1 aliphatic rings. The summed E-state index contributed by atoms with van der Waals surface area (Å²) in [6.45, 7) is -0.537. The number of nitrogens with zero attached hydrogens (tertiary/aromatic N) is 1. The van der Waals surface area contributed by atoms with Crippen molar-refractivity contribution >= 4 is 56.8 Å². The molecule has 3 N–H and O–H groups in total. The van der Waals surface area contributed by atoms with E-state index in [2.05, 4.69) is 25.9 Å². The number of carboxylic acid groups (broad SMARTS) is 2. The number of carboxylic acids is 2. The molecule has 0 radical (unpaired) electrons. The molecule has 4 aromatic carbocycles. The van der Waals surface area contributed by atoms with Crippen molar-refractivity contribution < 1.29 is 53.1 Å². The van der Waals surface area contributed by atoms with Gasteiger partial charge in [0, 0.05) is 5.56 Å². The minimum Gasteiger partial charge on any atom is -0.478 e. The van der Waals surface area contributed by atoms with Crippen LogP contribution in [0, 0.1) is 0 Å². The Labute approximate surface area is 285 Å². The van der Waals surface area contributed by atoms with Crippen LogP contribution in [0.15, 0.2) is 102 Å². The van der Waals surface area contributed by atoms with Crippen molar-refractivity contribution in [3.63, 3.8) is 0 Å². The fraction of sp³-hybridized carbons (Fsp3) is 0.143. The largest absolute Gasteiger partial charge is 0.478 e. The summed E-state index contributed by atoms with van der Waals surface area (Å²) in [6.07, 6.45) is -6.03. The number of nitrogens with one attached hydrogen (secondary N) is 1. The van der Waals surface area contributed by atoms with Crippen molar-refractivity contribution in [2.45, 2.75) is 24.4 Å². The molecule has 1 fully saturated rings. The third-order valence-corrected chi connectivity index (χ3v) is 8.09. The van der Waals surface area contributed by atoms with Crippen molar-refractivity contribution in [3.8, 4) is 0 Å². The summed E-state index contributed by atoms with van der Waals surface area (Å²) in [7, 11) is 0. The molecule has 5 aromatic rings. The van der Waals surface area contributed by atoms with Crippen molar-refractivity contribution in [2.75, 3.05) is 6.61 Å². The van der Waals surface area contributed by atoms with Gasteiger partial charge in [0.25, 0.3) is 0 Å². The average molecular weight is 729 g/mol. The Balaban J connectivity index is 1.50. The van der Waals surface area contributed by atoms with E-state index in [0.29, 0.717) is 0 Å². The van der Waals surface area contributed by atoms with Gasteiger partial charge in [-0.25, -0.2) is 29.0 Å². The third-order valence-electron chi connectivity index (χ3n) is 7.72. The van der Waals surface area contributed by atoms with E-state index in [1.165, 1.54) is 36.4 Å². The van der Waals surface area contributed by atoms with E-state index in [1.807, 2.05) is 0 Å². The highest BCUT2D eigenvalue weighted by Gasteiger charge is 2.53. The highest BCUT2D eigenvalue weighted by molar-refractivity contribution is 9.10. The molecule has 0 spiro atoms. The third kappa shape index (κ3) is 6.91. The summed E-state index contributed by atoms with van der Waals surface area (Å²) in [5, 5.41) is 20.4. The van der Waals surface area contributed by atoms with Gasteiger partial charge < -0.3 is 34.1 Å². The van der Waals surface area contributed by atoms with Gasteiger partial charge in [0.1, 0.15) is 18.8 Å². The summed E-state index contributed by atoms with van der Waals surface area (Å²) in [5.41, 5.74) is -1.01. The number of esters is 3. The van der Waals surface area contributed by atoms with E-state index in [1.54, 1.807) is 54.6 Å². The molecule has 0 saturated carbocycles. The lowest BCUT2D eigenvalue weighted by atomic mass is 9.91. The maximum absolute atomic E-state index is 13.6. The lowest BCUT2D eigenvalue weighted by Crippen LogP contribution is -2.41. The predicted molar refractivity (Wildman–Crippen MR) is 173 cm³/mol. The molecule has 248 valence electrons. The van der Waals surface area contributed by atoms with Crippen LogP contribution in [0.4, 0.5) is 0 Å². The topological polar surface area (TPSA) is 191 Å². The number of carbonyl (C=O) groups excluding carboxylic acids is 3. The van der Waals surface area contributed by atoms with Crippen molar-refractivity contribution in [2.24, 2.45) is 0 Å². The van der Waals surface area contributed by atoms with Crippen LogP contribution < -0.4 is 0 Å². The number of rotatable bonds is 10. The Morgan fingerprint density at radius 3 is 1.76 bits per heavy atom. The van der Waals surface area contributed by atoms with Crippen LogP contribution in [0.3, 0.4) is 0 Å². The molecule has 6 rings (SSSR count). The molecular weight excluding hydrogens is 704 g/mol. The zero-order valence-electron chi connectivity index (χ0n) is 25.1. The van der Waals surface area contributed by atoms with E-state index in [0.717, 1.165) is 6.07 Å². The van der Waals surface area contributed by atoms with Crippen molar-refractivity contribution in [1.29, 1.82) is 0 Å². The number of aromatic amines is 1. The fourth-order valence-corrected chi connectivity index (χ4v) is 5.93. The minimum absolute atomic E-state index is 0.0184. The molecule has 0 unspecified atom stereocenters. The molecule has 0 bridgehead atoms. The molecule has 49 heavy (non-hydrogen) atoms. The molecule has 4 atom stereocenters. The summed E-state index contributed by atoms with van der Waals surface area (Å²) in [6, 6.07) is 24.9. The number of halogens is 1. The van der Waals surface area contributed by atoms with E-state index in [-0.39, 0.29) is 38.0 Å². The Hall–Kier alpha value is -5.86. The summed E-state index contributed by atoms with van der Waals surface area (Å²) in [4.78, 5) is 72.3. The Bertz CT molecular complexity index is 2050. The monoisotopic (exact) mass is 728 g/mol. The van der Waals surface area contributed by atoms with Crippen LogP contribution >= 0.6 is 15.9 Å². The van der Waals surface area contributed by atoms with E-state index in [9.17, 15) is 34.2 Å². The zero-order valence-corrected chi connectivity index (χ0v) is 26.7. The number of aromatic carboxylic acids is 2. The zero-order chi connectivity index (χ0) is 34.7. The van der Waals surface area contributed by atoms with Crippen LogP contribution in [0.1, 0.15) is 63.5 Å². The second-order valence-corrected chi connectivity index (χ2v) is 11.5. The first-order chi connectivity index (χ1) is 23.6. The molecular formula is C35H25BrN2O11. The molecule has 1 saturated heterocycles. The summed E-state index contributed by atoms with van der Waals surface area (Å²) in [5.74, 6) is -5.67. The van der Waals surface area contributed by atoms with Crippen LogP contribution in [-0.4, -0.2) is 74.9 Å². The van der Waals surface area contributed by atoms with Crippen LogP contribution in [0.25, 0.3) is 11.0 Å². The molecule has 1 aliphatic heterocycles. The second-order valence-electron chi connectivity index (χ2n) is 10.8. The maximum atomic E-state index is 13.6. The molecule has 13 nitrogen and oxygen atoms in total. The summed E-state index contributed by atoms with van der Waals surface area (Å²) < 4.78 is 23.9. The van der Waals surface area contributed by atoms with Gasteiger partial charge in [-0.1, -0.05) is 54.6 Å². The first-order valence-electron chi connectivity index (χ1n) is 14.7. The van der Waals surface area contributed by atoms with Crippen molar-refractivity contribution in [1.82, 2.24) is 9.97 Å². The first-order valence-corrected chi connectivity index (χ1v) is 15.5. The van der Waals surface area contributed by atoms with E-state index in [4.69, 9.17) is 18.9 Å². The van der Waals surface area contributed by atoms with Gasteiger partial charge in [0.05, 0.1) is 38.9 Å². The second kappa shape index (κ2) is 14.1. The Kier molecular flexibility index (Phi) is 9.51. The number of hydrogen-bond donors (Lipinski definition) is 3. The van der Waals surface area contributed by atoms with Gasteiger partial charge in [0.15, 0.2) is 16.9 Å². The number of carbonyl (C=O) groups is 5. The van der Waals surface area contributed by atoms with Gasteiger partial charge in [-0.15, -0.1) is 0 Å².